The number of benzene rings is 1. The van der Waals surface area contributed by atoms with Gasteiger partial charge in [0.15, 0.2) is 0 Å². The van der Waals surface area contributed by atoms with Crippen molar-refractivity contribution in [2.75, 3.05) is 6.54 Å². The molecule has 2 N–H and O–H groups in total. The van der Waals surface area contributed by atoms with Crippen LogP contribution in [0.25, 0.3) is 0 Å². The van der Waals surface area contributed by atoms with Gasteiger partial charge in [-0.1, -0.05) is 29.3 Å². The van der Waals surface area contributed by atoms with Gasteiger partial charge < -0.3 is 10.4 Å². The third-order valence-corrected chi connectivity index (χ3v) is 3.66. The zero-order chi connectivity index (χ0) is 12.5. The van der Waals surface area contributed by atoms with Crippen molar-refractivity contribution < 1.29 is 5.11 Å². The van der Waals surface area contributed by atoms with Gasteiger partial charge in [0.2, 0.25) is 0 Å². The van der Waals surface area contributed by atoms with E-state index in [9.17, 15) is 5.11 Å². The minimum atomic E-state index is -0.750. The molecule has 1 aliphatic carbocycles. The fourth-order valence-corrected chi connectivity index (χ4v) is 2.12. The first-order valence-electron chi connectivity index (χ1n) is 5.86. The Morgan fingerprint density at radius 1 is 1.35 bits per heavy atom. The molecule has 1 aromatic carbocycles. The topological polar surface area (TPSA) is 32.3 Å². The van der Waals surface area contributed by atoms with E-state index >= 15 is 0 Å². The summed E-state index contributed by atoms with van der Waals surface area (Å²) in [5, 5.41) is 14.7. The number of nitrogens with one attached hydrogen (secondary N) is 1. The Balaban J connectivity index is 1.94. The SMILES string of the molecule is CC(O)(CNC1CC1)Cc1ccc(Cl)c(Cl)c1. The highest BCUT2D eigenvalue weighted by atomic mass is 35.5. The van der Waals surface area contributed by atoms with Crippen molar-refractivity contribution in [1.29, 1.82) is 0 Å². The summed E-state index contributed by atoms with van der Waals surface area (Å²) in [5.41, 5.74) is 0.252. The summed E-state index contributed by atoms with van der Waals surface area (Å²) >= 11 is 11.8. The van der Waals surface area contributed by atoms with E-state index in [1.54, 1.807) is 6.07 Å². The second-order valence-electron chi connectivity index (χ2n) is 5.08. The van der Waals surface area contributed by atoms with Crippen LogP contribution in [0, 0.1) is 0 Å². The Bertz CT molecular complexity index is 402. The highest BCUT2D eigenvalue weighted by Gasteiger charge is 2.26. The van der Waals surface area contributed by atoms with Gasteiger partial charge in [0.05, 0.1) is 15.6 Å². The molecule has 1 saturated carbocycles. The average molecular weight is 274 g/mol. The van der Waals surface area contributed by atoms with Crippen molar-refractivity contribution in [2.24, 2.45) is 0 Å². The molecule has 94 valence electrons. The summed E-state index contributed by atoms with van der Waals surface area (Å²) in [6, 6.07) is 6.09. The van der Waals surface area contributed by atoms with Crippen molar-refractivity contribution >= 4 is 23.2 Å². The predicted octanol–water partition coefficient (Wildman–Crippen LogP) is 3.04. The molecule has 0 bridgehead atoms. The smallest absolute Gasteiger partial charge is 0.0783 e. The quantitative estimate of drug-likeness (QED) is 0.865. The molecule has 1 aromatic rings. The molecule has 1 unspecified atom stereocenters. The first kappa shape index (κ1) is 13.2. The van der Waals surface area contributed by atoms with Crippen molar-refractivity contribution in [3.05, 3.63) is 33.8 Å². The van der Waals surface area contributed by atoms with Crippen molar-refractivity contribution in [3.8, 4) is 0 Å². The lowest BCUT2D eigenvalue weighted by Gasteiger charge is -2.24. The zero-order valence-electron chi connectivity index (χ0n) is 9.84. The minimum absolute atomic E-state index is 0.537. The van der Waals surface area contributed by atoms with Crippen LogP contribution < -0.4 is 5.32 Å². The third-order valence-electron chi connectivity index (χ3n) is 2.92. The Morgan fingerprint density at radius 3 is 2.65 bits per heavy atom. The number of halogens is 2. The van der Waals surface area contributed by atoms with Crippen LogP contribution in [0.15, 0.2) is 18.2 Å². The van der Waals surface area contributed by atoms with Crippen LogP contribution in [0.2, 0.25) is 10.0 Å². The zero-order valence-corrected chi connectivity index (χ0v) is 11.4. The molecule has 0 spiro atoms. The number of hydrogen-bond donors (Lipinski definition) is 2. The molecule has 1 fully saturated rings. The fraction of sp³-hybridized carbons (Fsp3) is 0.538. The van der Waals surface area contributed by atoms with Gasteiger partial charge in [-0.05, 0) is 37.5 Å². The van der Waals surface area contributed by atoms with Crippen molar-refractivity contribution in [3.63, 3.8) is 0 Å². The molecule has 2 rings (SSSR count). The molecule has 0 amide bonds. The van der Waals surface area contributed by atoms with Crippen molar-refractivity contribution in [2.45, 2.75) is 37.8 Å². The van der Waals surface area contributed by atoms with Crippen LogP contribution in [-0.2, 0) is 6.42 Å². The molecular formula is C13H17Cl2NO. The maximum absolute atomic E-state index is 10.3. The van der Waals surface area contributed by atoms with Crippen LogP contribution in [0.4, 0.5) is 0 Å². The molecular weight excluding hydrogens is 257 g/mol. The normalized spacial score (nSPS) is 19.1. The summed E-state index contributed by atoms with van der Waals surface area (Å²) in [4.78, 5) is 0. The fourth-order valence-electron chi connectivity index (χ4n) is 1.80. The van der Waals surface area contributed by atoms with Gasteiger partial charge in [-0.25, -0.2) is 0 Å². The number of hydrogen-bond acceptors (Lipinski definition) is 2. The van der Waals surface area contributed by atoms with E-state index in [0.29, 0.717) is 29.1 Å². The molecule has 4 heteroatoms. The summed E-state index contributed by atoms with van der Waals surface area (Å²) < 4.78 is 0. The summed E-state index contributed by atoms with van der Waals surface area (Å²) in [7, 11) is 0. The second kappa shape index (κ2) is 5.15. The van der Waals surface area contributed by atoms with Gasteiger partial charge in [0, 0.05) is 19.0 Å². The second-order valence-corrected chi connectivity index (χ2v) is 5.89. The van der Waals surface area contributed by atoms with E-state index in [-0.39, 0.29) is 0 Å². The van der Waals surface area contributed by atoms with Crippen LogP contribution in [0.5, 0.6) is 0 Å². The lowest BCUT2D eigenvalue weighted by atomic mass is 9.96. The molecule has 0 aromatic heterocycles. The summed E-state index contributed by atoms with van der Waals surface area (Å²) in [5.74, 6) is 0. The first-order chi connectivity index (χ1) is 7.96. The monoisotopic (exact) mass is 273 g/mol. The number of aliphatic hydroxyl groups is 1. The first-order valence-corrected chi connectivity index (χ1v) is 6.61. The maximum atomic E-state index is 10.3. The molecule has 1 aliphatic rings. The standard InChI is InChI=1S/C13H17Cl2NO/c1-13(17,8-16-10-3-4-10)7-9-2-5-11(14)12(15)6-9/h2,5-6,10,16-17H,3-4,7-8H2,1H3. The molecule has 0 saturated heterocycles. The Morgan fingerprint density at radius 2 is 2.06 bits per heavy atom. The number of rotatable bonds is 5. The largest absolute Gasteiger partial charge is 0.389 e. The van der Waals surface area contributed by atoms with Crippen LogP contribution in [0.3, 0.4) is 0 Å². The average Bonchev–Trinajstić information content (AvgIpc) is 3.04. The van der Waals surface area contributed by atoms with Gasteiger partial charge in [-0.3, -0.25) is 0 Å². The molecule has 1 atom stereocenters. The lowest BCUT2D eigenvalue weighted by Crippen LogP contribution is -2.40. The van der Waals surface area contributed by atoms with Gasteiger partial charge in [-0.2, -0.15) is 0 Å². The van der Waals surface area contributed by atoms with Crippen LogP contribution in [0.1, 0.15) is 25.3 Å². The van der Waals surface area contributed by atoms with E-state index < -0.39 is 5.60 Å². The highest BCUT2D eigenvalue weighted by Crippen LogP contribution is 2.25. The van der Waals surface area contributed by atoms with E-state index in [2.05, 4.69) is 5.32 Å². The molecule has 0 radical (unpaired) electrons. The predicted molar refractivity (Wildman–Crippen MR) is 71.8 cm³/mol. The van der Waals surface area contributed by atoms with Gasteiger partial charge in [0.1, 0.15) is 0 Å². The lowest BCUT2D eigenvalue weighted by molar-refractivity contribution is 0.0597. The molecule has 17 heavy (non-hydrogen) atoms. The van der Waals surface area contributed by atoms with Gasteiger partial charge in [0.25, 0.3) is 0 Å². The van der Waals surface area contributed by atoms with Crippen LogP contribution >= 0.6 is 23.2 Å². The molecule has 0 heterocycles. The van der Waals surface area contributed by atoms with E-state index in [0.717, 1.165) is 5.56 Å². The molecule has 2 nitrogen and oxygen atoms in total. The summed E-state index contributed by atoms with van der Waals surface area (Å²) in [6.45, 7) is 2.45. The highest BCUT2D eigenvalue weighted by molar-refractivity contribution is 6.42. The Kier molecular flexibility index (Phi) is 3.99. The molecule has 0 aliphatic heterocycles. The van der Waals surface area contributed by atoms with Crippen LogP contribution in [-0.4, -0.2) is 23.3 Å². The third kappa shape index (κ3) is 4.14. The van der Waals surface area contributed by atoms with Crippen molar-refractivity contribution in [1.82, 2.24) is 5.32 Å². The van der Waals surface area contributed by atoms with E-state index in [1.165, 1.54) is 12.8 Å². The Labute approximate surface area is 112 Å². The van der Waals surface area contributed by atoms with Gasteiger partial charge in [-0.15, -0.1) is 0 Å². The van der Waals surface area contributed by atoms with E-state index in [4.69, 9.17) is 23.2 Å². The summed E-state index contributed by atoms with van der Waals surface area (Å²) in [6.07, 6.45) is 3.02. The minimum Gasteiger partial charge on any atom is -0.389 e. The maximum Gasteiger partial charge on any atom is 0.0783 e. The van der Waals surface area contributed by atoms with E-state index in [1.807, 2.05) is 19.1 Å². The van der Waals surface area contributed by atoms with Gasteiger partial charge >= 0.3 is 0 Å². The Hall–Kier alpha value is -0.280.